The summed E-state index contributed by atoms with van der Waals surface area (Å²) in [6.45, 7) is 3.67. The lowest BCUT2D eigenvalue weighted by Crippen LogP contribution is -2.34. The van der Waals surface area contributed by atoms with Gasteiger partial charge in [0.2, 0.25) is 0 Å². The third kappa shape index (κ3) is 2.59. The molecule has 1 aromatic rings. The van der Waals surface area contributed by atoms with Crippen LogP contribution in [-0.4, -0.2) is 48.9 Å². The lowest BCUT2D eigenvalue weighted by molar-refractivity contribution is 0.0782. The molecule has 1 saturated heterocycles. The standard InChI is InChI=1S/C14H19BrN2O/c1-10-12(5-4-6-13(10)15)14(18)17-8-7-11(9-17)16(2)3/h4-6,11H,7-9H2,1-3H3. The number of benzene rings is 1. The quantitative estimate of drug-likeness (QED) is 0.838. The van der Waals surface area contributed by atoms with Crippen LogP contribution in [0.2, 0.25) is 0 Å². The Labute approximate surface area is 117 Å². The van der Waals surface area contributed by atoms with Gasteiger partial charge in [0.25, 0.3) is 5.91 Å². The third-order valence-electron chi connectivity index (χ3n) is 3.68. The number of likely N-dealkylation sites (tertiary alicyclic amines) is 1. The second-order valence-electron chi connectivity index (χ2n) is 5.07. The maximum atomic E-state index is 12.5. The van der Waals surface area contributed by atoms with E-state index in [9.17, 15) is 4.79 Å². The average Bonchev–Trinajstić information content (AvgIpc) is 2.81. The highest BCUT2D eigenvalue weighted by Crippen LogP contribution is 2.23. The molecule has 1 aromatic carbocycles. The number of hydrogen-bond donors (Lipinski definition) is 0. The smallest absolute Gasteiger partial charge is 0.254 e. The molecule has 0 N–H and O–H groups in total. The van der Waals surface area contributed by atoms with Gasteiger partial charge in [-0.1, -0.05) is 22.0 Å². The van der Waals surface area contributed by atoms with Crippen molar-refractivity contribution >= 4 is 21.8 Å². The first-order valence-electron chi connectivity index (χ1n) is 6.21. The lowest BCUT2D eigenvalue weighted by Gasteiger charge is -2.21. The van der Waals surface area contributed by atoms with Crippen LogP contribution in [0.5, 0.6) is 0 Å². The summed E-state index contributed by atoms with van der Waals surface area (Å²) < 4.78 is 0.997. The lowest BCUT2D eigenvalue weighted by atomic mass is 10.1. The Morgan fingerprint density at radius 2 is 2.17 bits per heavy atom. The van der Waals surface area contributed by atoms with E-state index < -0.39 is 0 Å². The average molecular weight is 311 g/mol. The number of carbonyl (C=O) groups is 1. The van der Waals surface area contributed by atoms with Crippen LogP contribution in [0, 0.1) is 6.92 Å². The van der Waals surface area contributed by atoms with Gasteiger partial charge >= 0.3 is 0 Å². The van der Waals surface area contributed by atoms with E-state index in [1.165, 1.54) is 0 Å². The number of amides is 1. The van der Waals surface area contributed by atoms with Crippen molar-refractivity contribution < 1.29 is 4.79 Å². The molecule has 1 aliphatic heterocycles. The zero-order valence-electron chi connectivity index (χ0n) is 11.1. The minimum absolute atomic E-state index is 0.151. The monoisotopic (exact) mass is 310 g/mol. The van der Waals surface area contributed by atoms with Crippen LogP contribution in [-0.2, 0) is 0 Å². The first-order chi connectivity index (χ1) is 8.50. The van der Waals surface area contributed by atoms with Gasteiger partial charge < -0.3 is 9.80 Å². The van der Waals surface area contributed by atoms with Crippen LogP contribution in [0.1, 0.15) is 22.3 Å². The molecule has 0 bridgehead atoms. The molecule has 1 heterocycles. The van der Waals surface area contributed by atoms with E-state index in [1.54, 1.807) is 0 Å². The second-order valence-corrected chi connectivity index (χ2v) is 5.92. The second kappa shape index (κ2) is 5.41. The molecule has 1 fully saturated rings. The number of rotatable bonds is 2. The number of likely N-dealkylation sites (N-methyl/N-ethyl adjacent to an activating group) is 1. The van der Waals surface area contributed by atoms with E-state index in [0.717, 1.165) is 35.1 Å². The van der Waals surface area contributed by atoms with Crippen LogP contribution in [0.3, 0.4) is 0 Å². The van der Waals surface area contributed by atoms with Gasteiger partial charge in [-0.3, -0.25) is 4.79 Å². The Bertz CT molecular complexity index is 459. The van der Waals surface area contributed by atoms with Gasteiger partial charge in [-0.15, -0.1) is 0 Å². The van der Waals surface area contributed by atoms with Gasteiger partial charge in [0, 0.05) is 29.2 Å². The zero-order valence-corrected chi connectivity index (χ0v) is 12.7. The van der Waals surface area contributed by atoms with Crippen molar-refractivity contribution in [3.05, 3.63) is 33.8 Å². The molecule has 1 unspecified atom stereocenters. The maximum Gasteiger partial charge on any atom is 0.254 e. The van der Waals surface area contributed by atoms with Gasteiger partial charge in [0.1, 0.15) is 0 Å². The SMILES string of the molecule is Cc1c(Br)cccc1C(=O)N1CCC(N(C)C)C1. The highest BCUT2D eigenvalue weighted by atomic mass is 79.9. The van der Waals surface area contributed by atoms with Crippen molar-refractivity contribution in [2.45, 2.75) is 19.4 Å². The molecule has 3 nitrogen and oxygen atoms in total. The Hall–Kier alpha value is -0.870. The van der Waals surface area contributed by atoms with Crippen LogP contribution >= 0.6 is 15.9 Å². The topological polar surface area (TPSA) is 23.6 Å². The summed E-state index contributed by atoms with van der Waals surface area (Å²) in [5.41, 5.74) is 1.83. The Morgan fingerprint density at radius 1 is 1.44 bits per heavy atom. The van der Waals surface area contributed by atoms with Crippen LogP contribution in [0.15, 0.2) is 22.7 Å². The van der Waals surface area contributed by atoms with Gasteiger partial charge in [-0.05, 0) is 45.1 Å². The summed E-state index contributed by atoms with van der Waals surface area (Å²) in [4.78, 5) is 16.6. The van der Waals surface area contributed by atoms with Crippen molar-refractivity contribution in [1.29, 1.82) is 0 Å². The molecule has 1 aliphatic rings. The molecule has 0 spiro atoms. The number of halogens is 1. The first-order valence-corrected chi connectivity index (χ1v) is 7.01. The molecule has 2 rings (SSSR count). The molecule has 0 saturated carbocycles. The van der Waals surface area contributed by atoms with Crippen molar-refractivity contribution in [3.8, 4) is 0 Å². The number of carbonyl (C=O) groups excluding carboxylic acids is 1. The van der Waals surface area contributed by atoms with Gasteiger partial charge in [-0.2, -0.15) is 0 Å². The van der Waals surface area contributed by atoms with E-state index in [0.29, 0.717) is 6.04 Å². The highest BCUT2D eigenvalue weighted by molar-refractivity contribution is 9.10. The van der Waals surface area contributed by atoms with Crippen LogP contribution in [0.25, 0.3) is 0 Å². The molecule has 1 amide bonds. The fraction of sp³-hybridized carbons (Fsp3) is 0.500. The van der Waals surface area contributed by atoms with E-state index >= 15 is 0 Å². The molecule has 0 radical (unpaired) electrons. The summed E-state index contributed by atoms with van der Waals surface area (Å²) >= 11 is 3.48. The van der Waals surface area contributed by atoms with Gasteiger partial charge in [0.05, 0.1) is 0 Å². The summed E-state index contributed by atoms with van der Waals surface area (Å²) in [7, 11) is 4.14. The summed E-state index contributed by atoms with van der Waals surface area (Å²) in [6, 6.07) is 6.29. The predicted molar refractivity (Wildman–Crippen MR) is 76.9 cm³/mol. The van der Waals surface area contributed by atoms with Crippen molar-refractivity contribution in [1.82, 2.24) is 9.80 Å². The molecule has 1 atom stereocenters. The van der Waals surface area contributed by atoms with Crippen LogP contribution in [0.4, 0.5) is 0 Å². The Balaban J connectivity index is 2.16. The molecule has 0 aromatic heterocycles. The first kappa shape index (κ1) is 13.6. The fourth-order valence-corrected chi connectivity index (χ4v) is 2.72. The molecular formula is C14H19BrN2O. The molecule has 98 valence electrons. The van der Waals surface area contributed by atoms with E-state index in [1.807, 2.05) is 30.0 Å². The minimum Gasteiger partial charge on any atom is -0.337 e. The van der Waals surface area contributed by atoms with Crippen LogP contribution < -0.4 is 0 Å². The van der Waals surface area contributed by atoms with Gasteiger partial charge in [-0.25, -0.2) is 0 Å². The molecule has 4 heteroatoms. The van der Waals surface area contributed by atoms with Gasteiger partial charge in [0.15, 0.2) is 0 Å². The zero-order chi connectivity index (χ0) is 13.3. The van der Waals surface area contributed by atoms with E-state index in [-0.39, 0.29) is 5.91 Å². The molecular weight excluding hydrogens is 292 g/mol. The normalized spacial score (nSPS) is 19.6. The largest absolute Gasteiger partial charge is 0.337 e. The summed E-state index contributed by atoms with van der Waals surface area (Å²) in [6.07, 6.45) is 1.06. The van der Waals surface area contributed by atoms with Crippen molar-refractivity contribution in [3.63, 3.8) is 0 Å². The Kier molecular flexibility index (Phi) is 4.07. The predicted octanol–water partition coefficient (Wildman–Crippen LogP) is 2.53. The minimum atomic E-state index is 0.151. The molecule has 0 aliphatic carbocycles. The van der Waals surface area contributed by atoms with E-state index in [2.05, 4.69) is 34.9 Å². The fourth-order valence-electron chi connectivity index (χ4n) is 2.36. The molecule has 18 heavy (non-hydrogen) atoms. The summed E-state index contributed by atoms with van der Waals surface area (Å²) in [5, 5.41) is 0. The van der Waals surface area contributed by atoms with E-state index in [4.69, 9.17) is 0 Å². The highest BCUT2D eigenvalue weighted by Gasteiger charge is 2.28. The summed E-state index contributed by atoms with van der Waals surface area (Å²) in [5.74, 6) is 0.151. The third-order valence-corrected chi connectivity index (χ3v) is 4.54. The Morgan fingerprint density at radius 3 is 2.78 bits per heavy atom. The maximum absolute atomic E-state index is 12.5. The number of nitrogens with zero attached hydrogens (tertiary/aromatic N) is 2. The van der Waals surface area contributed by atoms with Crippen molar-refractivity contribution in [2.24, 2.45) is 0 Å². The van der Waals surface area contributed by atoms with Crippen molar-refractivity contribution in [2.75, 3.05) is 27.2 Å². The number of hydrogen-bond acceptors (Lipinski definition) is 2.